The zero-order chi connectivity index (χ0) is 13.4. The molecule has 0 aliphatic carbocycles. The summed E-state index contributed by atoms with van der Waals surface area (Å²) >= 11 is 0. The van der Waals surface area contributed by atoms with Crippen molar-refractivity contribution in [3.63, 3.8) is 0 Å². The van der Waals surface area contributed by atoms with E-state index in [4.69, 9.17) is 0 Å². The summed E-state index contributed by atoms with van der Waals surface area (Å²) in [6, 6.07) is 8.85. The highest BCUT2D eigenvalue weighted by atomic mass is 14.8. The van der Waals surface area contributed by atoms with E-state index in [9.17, 15) is 0 Å². The maximum absolute atomic E-state index is 3.56. The SMILES string of the molecule is CC(C)CCNCc1ccccc1CCC(C)C. The predicted octanol–water partition coefficient (Wildman–Crippen LogP) is 4.41. The molecule has 0 radical (unpaired) electrons. The Morgan fingerprint density at radius 3 is 2.11 bits per heavy atom. The standard InChI is InChI=1S/C17H29N/c1-14(2)9-10-16-7-5-6-8-17(16)13-18-12-11-15(3)4/h5-8,14-15,18H,9-13H2,1-4H3. The van der Waals surface area contributed by atoms with Crippen LogP contribution >= 0.6 is 0 Å². The fraction of sp³-hybridized carbons (Fsp3) is 0.647. The molecular formula is C17H29N. The third-order valence-electron chi connectivity index (χ3n) is 3.32. The van der Waals surface area contributed by atoms with Gasteiger partial charge in [0.15, 0.2) is 0 Å². The summed E-state index contributed by atoms with van der Waals surface area (Å²) in [5.41, 5.74) is 2.99. The van der Waals surface area contributed by atoms with Gasteiger partial charge in [0.05, 0.1) is 0 Å². The zero-order valence-electron chi connectivity index (χ0n) is 12.5. The van der Waals surface area contributed by atoms with Gasteiger partial charge in [0.25, 0.3) is 0 Å². The Morgan fingerprint density at radius 2 is 1.50 bits per heavy atom. The molecule has 1 aromatic carbocycles. The van der Waals surface area contributed by atoms with Gasteiger partial charge < -0.3 is 5.32 Å². The number of hydrogen-bond acceptors (Lipinski definition) is 1. The summed E-state index contributed by atoms with van der Waals surface area (Å²) in [6.45, 7) is 11.3. The normalized spacial score (nSPS) is 11.4. The molecule has 1 rings (SSSR count). The highest BCUT2D eigenvalue weighted by Crippen LogP contribution is 2.14. The van der Waals surface area contributed by atoms with E-state index >= 15 is 0 Å². The second kappa shape index (κ2) is 8.31. The summed E-state index contributed by atoms with van der Waals surface area (Å²) in [7, 11) is 0. The summed E-state index contributed by atoms with van der Waals surface area (Å²) in [4.78, 5) is 0. The topological polar surface area (TPSA) is 12.0 Å². The average molecular weight is 247 g/mol. The van der Waals surface area contributed by atoms with Crippen molar-refractivity contribution in [1.82, 2.24) is 5.32 Å². The van der Waals surface area contributed by atoms with E-state index in [0.29, 0.717) is 0 Å². The molecule has 102 valence electrons. The van der Waals surface area contributed by atoms with Crippen LogP contribution < -0.4 is 5.32 Å². The summed E-state index contributed by atoms with van der Waals surface area (Å²) in [6.07, 6.45) is 3.75. The van der Waals surface area contributed by atoms with Crippen LogP contribution in [0, 0.1) is 11.8 Å². The fourth-order valence-electron chi connectivity index (χ4n) is 2.03. The second-order valence-electron chi connectivity index (χ2n) is 6.06. The van der Waals surface area contributed by atoms with Crippen molar-refractivity contribution in [2.45, 2.75) is 53.5 Å². The minimum absolute atomic E-state index is 0.784. The number of aryl methyl sites for hydroxylation is 1. The Morgan fingerprint density at radius 1 is 0.889 bits per heavy atom. The highest BCUT2D eigenvalue weighted by Gasteiger charge is 2.03. The van der Waals surface area contributed by atoms with Crippen molar-refractivity contribution in [3.8, 4) is 0 Å². The first kappa shape index (κ1) is 15.2. The van der Waals surface area contributed by atoms with Crippen molar-refractivity contribution in [3.05, 3.63) is 35.4 Å². The first-order valence-corrected chi connectivity index (χ1v) is 7.37. The van der Waals surface area contributed by atoms with Gasteiger partial charge in [-0.15, -0.1) is 0 Å². The minimum Gasteiger partial charge on any atom is -0.313 e. The molecule has 1 N–H and O–H groups in total. The Balaban J connectivity index is 2.43. The van der Waals surface area contributed by atoms with Crippen LogP contribution in [0.4, 0.5) is 0 Å². The molecule has 0 saturated heterocycles. The molecule has 0 unspecified atom stereocenters. The molecule has 1 aromatic rings. The molecular weight excluding hydrogens is 218 g/mol. The summed E-state index contributed by atoms with van der Waals surface area (Å²) < 4.78 is 0. The van der Waals surface area contributed by atoms with Crippen LogP contribution in [0.3, 0.4) is 0 Å². The van der Waals surface area contributed by atoms with E-state index in [2.05, 4.69) is 57.3 Å². The molecule has 1 heteroatoms. The predicted molar refractivity (Wildman–Crippen MR) is 80.8 cm³/mol. The summed E-state index contributed by atoms with van der Waals surface area (Å²) in [5, 5.41) is 3.56. The van der Waals surface area contributed by atoms with Gasteiger partial charge in [0.1, 0.15) is 0 Å². The molecule has 1 nitrogen and oxygen atoms in total. The third kappa shape index (κ3) is 6.20. The number of hydrogen-bond donors (Lipinski definition) is 1. The van der Waals surface area contributed by atoms with Crippen molar-refractivity contribution in [1.29, 1.82) is 0 Å². The molecule has 0 aromatic heterocycles. The van der Waals surface area contributed by atoms with E-state index in [1.807, 2.05) is 0 Å². The Hall–Kier alpha value is -0.820. The van der Waals surface area contributed by atoms with E-state index in [-0.39, 0.29) is 0 Å². The lowest BCUT2D eigenvalue weighted by molar-refractivity contribution is 0.535. The monoisotopic (exact) mass is 247 g/mol. The lowest BCUT2D eigenvalue weighted by atomic mass is 9.98. The van der Waals surface area contributed by atoms with Crippen LogP contribution in [0.2, 0.25) is 0 Å². The molecule has 0 heterocycles. The lowest BCUT2D eigenvalue weighted by Crippen LogP contribution is -2.17. The van der Waals surface area contributed by atoms with Crippen LogP contribution in [0.5, 0.6) is 0 Å². The fourth-order valence-corrected chi connectivity index (χ4v) is 2.03. The van der Waals surface area contributed by atoms with Gasteiger partial charge >= 0.3 is 0 Å². The number of rotatable bonds is 8. The first-order chi connectivity index (χ1) is 8.59. The first-order valence-electron chi connectivity index (χ1n) is 7.37. The molecule has 18 heavy (non-hydrogen) atoms. The molecule has 0 fully saturated rings. The van der Waals surface area contributed by atoms with Crippen molar-refractivity contribution >= 4 is 0 Å². The maximum Gasteiger partial charge on any atom is 0.0208 e. The van der Waals surface area contributed by atoms with Crippen molar-refractivity contribution in [2.24, 2.45) is 11.8 Å². The smallest absolute Gasteiger partial charge is 0.0208 e. The van der Waals surface area contributed by atoms with Gasteiger partial charge in [0, 0.05) is 6.54 Å². The van der Waals surface area contributed by atoms with Gasteiger partial charge in [-0.25, -0.2) is 0 Å². The maximum atomic E-state index is 3.56. The highest BCUT2D eigenvalue weighted by molar-refractivity contribution is 5.27. The molecule has 0 aliphatic rings. The molecule has 0 spiro atoms. The number of nitrogens with one attached hydrogen (secondary N) is 1. The van der Waals surface area contributed by atoms with Crippen LogP contribution in [-0.2, 0) is 13.0 Å². The minimum atomic E-state index is 0.784. The number of benzene rings is 1. The molecule has 0 amide bonds. The van der Waals surface area contributed by atoms with Crippen LogP contribution in [-0.4, -0.2) is 6.54 Å². The largest absolute Gasteiger partial charge is 0.313 e. The van der Waals surface area contributed by atoms with Gasteiger partial charge in [-0.2, -0.15) is 0 Å². The van der Waals surface area contributed by atoms with E-state index in [0.717, 1.165) is 24.9 Å². The van der Waals surface area contributed by atoms with Gasteiger partial charge in [-0.3, -0.25) is 0 Å². The Bertz CT molecular complexity index is 328. The zero-order valence-corrected chi connectivity index (χ0v) is 12.5. The van der Waals surface area contributed by atoms with Gasteiger partial charge in [-0.1, -0.05) is 52.0 Å². The molecule has 0 atom stereocenters. The van der Waals surface area contributed by atoms with Crippen molar-refractivity contribution in [2.75, 3.05) is 6.54 Å². The quantitative estimate of drug-likeness (QED) is 0.671. The third-order valence-corrected chi connectivity index (χ3v) is 3.32. The van der Waals surface area contributed by atoms with Crippen molar-refractivity contribution < 1.29 is 0 Å². The van der Waals surface area contributed by atoms with Gasteiger partial charge in [-0.05, 0) is 48.8 Å². The average Bonchev–Trinajstić information content (AvgIpc) is 2.33. The molecule has 0 bridgehead atoms. The van der Waals surface area contributed by atoms with E-state index in [1.54, 1.807) is 0 Å². The van der Waals surface area contributed by atoms with Crippen LogP contribution in [0.15, 0.2) is 24.3 Å². The van der Waals surface area contributed by atoms with Gasteiger partial charge in [0.2, 0.25) is 0 Å². The van der Waals surface area contributed by atoms with E-state index < -0.39 is 0 Å². The Kier molecular flexibility index (Phi) is 7.04. The summed E-state index contributed by atoms with van der Waals surface area (Å²) in [5.74, 6) is 1.57. The lowest BCUT2D eigenvalue weighted by Gasteiger charge is -2.12. The van der Waals surface area contributed by atoms with E-state index in [1.165, 1.54) is 30.4 Å². The molecule has 0 aliphatic heterocycles. The van der Waals surface area contributed by atoms with Crippen LogP contribution in [0.1, 0.15) is 51.7 Å². The second-order valence-corrected chi connectivity index (χ2v) is 6.06. The molecule has 0 saturated carbocycles. The Labute approximate surface area is 113 Å². The van der Waals surface area contributed by atoms with Crippen LogP contribution in [0.25, 0.3) is 0 Å².